The number of pyridine rings is 2. The maximum absolute atomic E-state index is 11.3. The van der Waals surface area contributed by atoms with E-state index in [9.17, 15) is 9.90 Å². The van der Waals surface area contributed by atoms with Crippen molar-refractivity contribution in [2.24, 2.45) is 16.4 Å². The van der Waals surface area contributed by atoms with Gasteiger partial charge in [0.2, 0.25) is 0 Å². The molecule has 1 aliphatic rings. The number of nitrogens with zero attached hydrogens (tertiary/aromatic N) is 3. The molecule has 0 saturated heterocycles. The molecule has 3 rings (SSSR count). The fraction of sp³-hybridized carbons (Fsp3) is 0.520. The van der Waals surface area contributed by atoms with Crippen LogP contribution in [-0.2, 0) is 9.53 Å². The fourth-order valence-electron chi connectivity index (χ4n) is 3.23. The van der Waals surface area contributed by atoms with Gasteiger partial charge in [0, 0.05) is 0 Å². The van der Waals surface area contributed by atoms with Gasteiger partial charge in [0.1, 0.15) is 0 Å². The summed E-state index contributed by atoms with van der Waals surface area (Å²) >= 11 is -0.409. The average molecular weight is 581 g/mol. The molecule has 0 amide bonds. The standard InChI is InChI=1S/C25H34IN4O4/c1-15(2)13-33-23-26-25(6,7)21(29-30-23)19-9-8-17(11-27-19)18-12-28-20(10-16(18)3)34-14-24(4,5)22(31)32/h8-12,15,21,29H,13-14H2,1-7H3,(H,31,32)/q-1. The second-order valence-corrected chi connectivity index (χ2v) is 14.3. The topological polar surface area (TPSA) is 106 Å². The van der Waals surface area contributed by atoms with Crippen LogP contribution in [-0.4, -0.2) is 41.6 Å². The van der Waals surface area contributed by atoms with Gasteiger partial charge in [-0.1, -0.05) is 0 Å². The summed E-state index contributed by atoms with van der Waals surface area (Å²) in [6.45, 7) is 14.7. The van der Waals surface area contributed by atoms with Crippen LogP contribution in [0.4, 0.5) is 0 Å². The van der Waals surface area contributed by atoms with Crippen LogP contribution in [0, 0.1) is 18.3 Å². The Morgan fingerprint density at radius 3 is 2.53 bits per heavy atom. The van der Waals surface area contributed by atoms with Gasteiger partial charge in [0.05, 0.1) is 5.41 Å². The SMILES string of the molecule is Cc1cc(OCC(C)(C)C(=O)O)ncc1-c1ccc(C2NN=C(OCC(C)C)[I-]C2(C)C)nc1. The monoisotopic (exact) mass is 581 g/mol. The summed E-state index contributed by atoms with van der Waals surface area (Å²) in [5, 5.41) is 13.7. The van der Waals surface area contributed by atoms with Gasteiger partial charge in [-0.2, -0.15) is 0 Å². The van der Waals surface area contributed by atoms with Gasteiger partial charge in [0.25, 0.3) is 0 Å². The Morgan fingerprint density at radius 2 is 1.97 bits per heavy atom. The second kappa shape index (κ2) is 10.5. The number of aliphatic carboxylic acids is 1. The number of ether oxygens (including phenoxy) is 2. The van der Waals surface area contributed by atoms with E-state index in [1.807, 2.05) is 31.3 Å². The molecule has 1 aliphatic heterocycles. The quantitative estimate of drug-likeness (QED) is 0.359. The van der Waals surface area contributed by atoms with E-state index in [1.165, 1.54) is 0 Å². The van der Waals surface area contributed by atoms with Gasteiger partial charge in [-0.05, 0) is 13.8 Å². The molecule has 1 unspecified atom stereocenters. The normalized spacial score (nSPS) is 17.9. The Labute approximate surface area is 211 Å². The number of hydrogen-bond acceptors (Lipinski definition) is 7. The van der Waals surface area contributed by atoms with Crippen LogP contribution in [0.1, 0.15) is 58.8 Å². The Hall–Kier alpha value is -2.43. The Morgan fingerprint density at radius 1 is 1.24 bits per heavy atom. The molecule has 9 heteroatoms. The van der Waals surface area contributed by atoms with E-state index in [-0.39, 0.29) is 16.1 Å². The number of halogens is 1. The van der Waals surface area contributed by atoms with E-state index < -0.39 is 32.6 Å². The van der Waals surface area contributed by atoms with Gasteiger partial charge in [-0.25, -0.2) is 0 Å². The minimum atomic E-state index is -0.984. The number of nitrogens with one attached hydrogen (secondary N) is 1. The molecule has 0 fully saturated rings. The molecule has 0 aliphatic carbocycles. The minimum absolute atomic E-state index is 0.00163. The van der Waals surface area contributed by atoms with Gasteiger partial charge >= 0.3 is 183 Å². The molecule has 2 aromatic rings. The molecular weight excluding hydrogens is 547 g/mol. The summed E-state index contributed by atoms with van der Waals surface area (Å²) in [5.41, 5.74) is 6.12. The van der Waals surface area contributed by atoms with E-state index in [2.05, 4.69) is 43.2 Å². The van der Waals surface area contributed by atoms with E-state index in [0.29, 0.717) is 18.4 Å². The third-order valence-electron chi connectivity index (χ3n) is 5.47. The number of rotatable bonds is 8. The van der Waals surface area contributed by atoms with Crippen LogP contribution in [0.15, 0.2) is 35.7 Å². The van der Waals surface area contributed by atoms with Gasteiger partial charge in [0.15, 0.2) is 0 Å². The van der Waals surface area contributed by atoms with Crippen molar-refractivity contribution in [3.8, 4) is 17.0 Å². The molecular formula is C25H34IN4O4-. The van der Waals surface area contributed by atoms with Crippen molar-refractivity contribution in [1.29, 1.82) is 0 Å². The summed E-state index contributed by atoms with van der Waals surface area (Å²) in [4.78, 5) is 20.4. The van der Waals surface area contributed by atoms with Crippen LogP contribution in [0.5, 0.6) is 5.88 Å². The molecule has 8 nitrogen and oxygen atoms in total. The molecule has 3 heterocycles. The Balaban J connectivity index is 1.71. The fourth-order valence-corrected chi connectivity index (χ4v) is 5.78. The van der Waals surface area contributed by atoms with Crippen molar-refractivity contribution in [2.45, 2.75) is 57.9 Å². The van der Waals surface area contributed by atoms with Crippen LogP contribution >= 0.6 is 0 Å². The van der Waals surface area contributed by atoms with Crippen molar-refractivity contribution in [3.05, 3.63) is 41.9 Å². The van der Waals surface area contributed by atoms with Crippen molar-refractivity contribution in [2.75, 3.05) is 13.2 Å². The first kappa shape index (κ1) is 26.2. The second-order valence-electron chi connectivity index (χ2n) is 10.1. The summed E-state index contributed by atoms with van der Waals surface area (Å²) in [6.07, 6.45) is 3.60. The number of hydrazone groups is 1. The van der Waals surface area contributed by atoms with Crippen LogP contribution in [0.25, 0.3) is 11.1 Å². The first-order valence-electron chi connectivity index (χ1n) is 11.3. The third kappa shape index (κ3) is 6.37. The van der Waals surface area contributed by atoms with Crippen LogP contribution in [0.2, 0.25) is 0 Å². The average Bonchev–Trinajstić information content (AvgIpc) is 2.76. The van der Waals surface area contributed by atoms with Gasteiger partial charge < -0.3 is 5.11 Å². The summed E-state index contributed by atoms with van der Waals surface area (Å²) in [5.74, 6) is -0.0303. The van der Waals surface area contributed by atoms with Gasteiger partial charge in [-0.15, -0.1) is 0 Å². The maximum atomic E-state index is 11.3. The van der Waals surface area contributed by atoms with Crippen molar-refractivity contribution < 1.29 is 40.6 Å². The number of alkyl halides is 1. The Bertz CT molecular complexity index is 1050. The molecule has 0 saturated carbocycles. The van der Waals surface area contributed by atoms with Crippen LogP contribution in [0.3, 0.4) is 0 Å². The first-order valence-corrected chi connectivity index (χ1v) is 13.5. The number of hydrogen-bond donors (Lipinski definition) is 2. The van der Waals surface area contributed by atoms with E-state index in [4.69, 9.17) is 14.5 Å². The zero-order chi connectivity index (χ0) is 25.1. The number of aromatic nitrogens is 2. The zero-order valence-electron chi connectivity index (χ0n) is 20.8. The van der Waals surface area contributed by atoms with Crippen molar-refractivity contribution >= 4 is 9.87 Å². The van der Waals surface area contributed by atoms with Crippen molar-refractivity contribution in [3.63, 3.8) is 0 Å². The molecule has 0 aromatic carbocycles. The van der Waals surface area contributed by atoms with E-state index in [0.717, 1.165) is 26.3 Å². The summed E-state index contributed by atoms with van der Waals surface area (Å²) in [7, 11) is 0. The van der Waals surface area contributed by atoms with E-state index >= 15 is 0 Å². The summed E-state index contributed by atoms with van der Waals surface area (Å²) in [6, 6.07) is 5.93. The zero-order valence-corrected chi connectivity index (χ0v) is 23.0. The molecule has 186 valence electrons. The molecule has 2 N–H and O–H groups in total. The number of aryl methyl sites for hydroxylation is 1. The molecule has 1 atom stereocenters. The summed E-state index contributed by atoms with van der Waals surface area (Å²) < 4.78 is 12.4. The molecule has 34 heavy (non-hydrogen) atoms. The number of carbonyl (C=O) groups is 1. The van der Waals surface area contributed by atoms with Gasteiger partial charge in [-0.3, -0.25) is 4.79 Å². The van der Waals surface area contributed by atoms with E-state index in [1.54, 1.807) is 20.0 Å². The van der Waals surface area contributed by atoms with Crippen molar-refractivity contribution in [1.82, 2.24) is 15.4 Å². The molecule has 0 radical (unpaired) electrons. The Kier molecular flexibility index (Phi) is 8.05. The number of carboxylic acid groups (broad SMARTS) is 1. The van der Waals surface area contributed by atoms with Crippen LogP contribution < -0.4 is 31.4 Å². The first-order chi connectivity index (χ1) is 15.9. The molecule has 2 aromatic heterocycles. The predicted molar refractivity (Wildman–Crippen MR) is 127 cm³/mol. The molecule has 0 bridgehead atoms. The predicted octanol–water partition coefficient (Wildman–Crippen LogP) is 1.40. The number of carboxylic acids is 1. The molecule has 0 spiro atoms. The third-order valence-corrected chi connectivity index (χ3v) is 8.49.